The number of amides is 1. The van der Waals surface area contributed by atoms with Crippen molar-refractivity contribution in [1.82, 2.24) is 29.2 Å². The van der Waals surface area contributed by atoms with Gasteiger partial charge >= 0.3 is 0 Å². The van der Waals surface area contributed by atoms with Crippen molar-refractivity contribution in [1.29, 1.82) is 0 Å². The summed E-state index contributed by atoms with van der Waals surface area (Å²) in [5.74, 6) is 0.890. The molecule has 0 atom stereocenters. The van der Waals surface area contributed by atoms with E-state index >= 15 is 0 Å². The Bertz CT molecular complexity index is 1190. The number of carbonyl (C=O) groups excluding carboxylic acids is 1. The third kappa shape index (κ3) is 3.71. The average Bonchev–Trinajstić information content (AvgIpc) is 3.22. The molecule has 0 aliphatic heterocycles. The van der Waals surface area contributed by atoms with Crippen LogP contribution >= 0.6 is 11.6 Å². The van der Waals surface area contributed by atoms with Crippen LogP contribution in [0.5, 0.6) is 0 Å². The molecule has 0 bridgehead atoms. The molecule has 4 rings (SSSR count). The smallest absolute Gasteiger partial charge is 0.273 e. The van der Waals surface area contributed by atoms with Crippen molar-refractivity contribution in [2.45, 2.75) is 13.0 Å². The van der Waals surface area contributed by atoms with Crippen LogP contribution in [0.4, 0.5) is 0 Å². The number of aryl methyl sites for hydroxylation is 1. The minimum absolute atomic E-state index is 0.128. The highest BCUT2D eigenvalue weighted by molar-refractivity contribution is 6.30. The summed E-state index contributed by atoms with van der Waals surface area (Å²) in [6, 6.07) is 11.7. The number of hydrogen-bond donors (Lipinski definition) is 1. The van der Waals surface area contributed by atoms with Crippen LogP contribution in [-0.4, -0.2) is 50.4 Å². The third-order valence-electron chi connectivity index (χ3n) is 4.99. The van der Waals surface area contributed by atoms with Crippen LogP contribution in [0.2, 0.25) is 5.02 Å². The molecule has 7 nitrogen and oxygen atoms in total. The van der Waals surface area contributed by atoms with E-state index in [0.29, 0.717) is 22.9 Å². The number of nitrogens with one attached hydrogen (secondary N) is 1. The number of hydrogen-bond acceptors (Lipinski definition) is 4. The van der Waals surface area contributed by atoms with Crippen molar-refractivity contribution >= 4 is 34.2 Å². The molecule has 1 amide bonds. The lowest BCUT2D eigenvalue weighted by molar-refractivity contribution is 0.0821. The molecular weight excluding hydrogens is 388 g/mol. The third-order valence-corrected chi connectivity index (χ3v) is 5.21. The van der Waals surface area contributed by atoms with E-state index in [1.807, 2.05) is 35.7 Å². The molecule has 0 radical (unpaired) electrons. The molecule has 0 saturated heterocycles. The van der Waals surface area contributed by atoms with Crippen molar-refractivity contribution in [3.8, 4) is 0 Å². The van der Waals surface area contributed by atoms with Crippen molar-refractivity contribution in [3.63, 3.8) is 0 Å². The second kappa shape index (κ2) is 7.85. The number of carbonyl (C=O) groups is 1. The molecule has 0 aliphatic rings. The van der Waals surface area contributed by atoms with Crippen molar-refractivity contribution in [2.24, 2.45) is 7.05 Å². The highest BCUT2D eigenvalue weighted by Crippen LogP contribution is 2.18. The fraction of sp³-hybridized carbons (Fsp3) is 0.286. The minimum atomic E-state index is -0.128. The van der Waals surface area contributed by atoms with Gasteiger partial charge in [0.15, 0.2) is 5.69 Å². The van der Waals surface area contributed by atoms with Crippen LogP contribution in [0.15, 0.2) is 42.6 Å². The summed E-state index contributed by atoms with van der Waals surface area (Å²) in [7, 11) is 5.48. The maximum absolute atomic E-state index is 12.6. The Morgan fingerprint density at radius 2 is 1.97 bits per heavy atom. The van der Waals surface area contributed by atoms with Gasteiger partial charge in [-0.05, 0) is 24.3 Å². The van der Waals surface area contributed by atoms with Gasteiger partial charge in [0.05, 0.1) is 21.7 Å². The number of para-hydroxylation sites is 2. The topological polar surface area (TPSA) is 67.5 Å². The molecule has 4 aromatic rings. The van der Waals surface area contributed by atoms with Gasteiger partial charge in [0, 0.05) is 46.9 Å². The zero-order valence-corrected chi connectivity index (χ0v) is 17.4. The molecule has 0 fully saturated rings. The van der Waals surface area contributed by atoms with E-state index in [9.17, 15) is 4.79 Å². The fourth-order valence-electron chi connectivity index (χ4n) is 3.45. The maximum Gasteiger partial charge on any atom is 0.273 e. The van der Waals surface area contributed by atoms with Gasteiger partial charge in [-0.3, -0.25) is 4.79 Å². The van der Waals surface area contributed by atoms with Gasteiger partial charge in [-0.25, -0.2) is 9.97 Å². The number of aromatic nitrogens is 4. The molecule has 0 spiro atoms. The van der Waals surface area contributed by atoms with Crippen LogP contribution < -0.4 is 5.32 Å². The molecule has 0 saturated carbocycles. The first-order chi connectivity index (χ1) is 14.0. The molecule has 3 aromatic heterocycles. The fourth-order valence-corrected chi connectivity index (χ4v) is 3.61. The Morgan fingerprint density at radius 3 is 2.72 bits per heavy atom. The lowest BCUT2D eigenvalue weighted by atomic mass is 10.2. The lowest BCUT2D eigenvalue weighted by Gasteiger charge is -2.11. The van der Waals surface area contributed by atoms with Crippen molar-refractivity contribution < 1.29 is 4.79 Å². The molecular formula is C21H23ClN6O. The van der Waals surface area contributed by atoms with Gasteiger partial charge in [0.2, 0.25) is 0 Å². The summed E-state index contributed by atoms with van der Waals surface area (Å²) in [6.45, 7) is 1.22. The summed E-state index contributed by atoms with van der Waals surface area (Å²) in [4.78, 5) is 23.3. The largest absolute Gasteiger partial charge is 0.343 e. The second-order valence-corrected chi connectivity index (χ2v) is 7.62. The number of halogens is 1. The minimum Gasteiger partial charge on any atom is -0.343 e. The highest BCUT2D eigenvalue weighted by Gasteiger charge is 2.20. The predicted molar refractivity (Wildman–Crippen MR) is 114 cm³/mol. The molecule has 8 heteroatoms. The van der Waals surface area contributed by atoms with Crippen LogP contribution in [0, 0.1) is 0 Å². The Labute approximate surface area is 173 Å². The standard InChI is InChI=1S/C21H23ClN6O/c1-26(2)21(29)20-17(28-13-14(22)8-9-19(28)25-20)12-23-11-10-18-24-15-6-4-5-7-16(15)27(18)3/h4-9,13,23H,10-12H2,1-3H3. The molecule has 0 aliphatic carbocycles. The molecule has 1 aromatic carbocycles. The first kappa shape index (κ1) is 19.4. The van der Waals surface area contributed by atoms with Gasteiger partial charge in [-0.2, -0.15) is 0 Å². The first-order valence-electron chi connectivity index (χ1n) is 9.45. The summed E-state index contributed by atoms with van der Waals surface area (Å²) in [5.41, 5.74) is 4.06. The van der Waals surface area contributed by atoms with Crippen LogP contribution in [0.1, 0.15) is 22.0 Å². The van der Waals surface area contributed by atoms with E-state index in [-0.39, 0.29) is 5.91 Å². The van der Waals surface area contributed by atoms with E-state index in [1.165, 1.54) is 4.90 Å². The number of pyridine rings is 1. The van der Waals surface area contributed by atoms with Crippen molar-refractivity contribution in [3.05, 3.63) is 64.8 Å². The van der Waals surface area contributed by atoms with Crippen molar-refractivity contribution in [2.75, 3.05) is 20.6 Å². The molecule has 1 N–H and O–H groups in total. The zero-order valence-electron chi connectivity index (χ0n) is 16.7. The average molecular weight is 411 g/mol. The Hall–Kier alpha value is -2.90. The number of imidazole rings is 2. The summed E-state index contributed by atoms with van der Waals surface area (Å²) in [6.07, 6.45) is 2.57. The number of nitrogens with zero attached hydrogens (tertiary/aromatic N) is 5. The Morgan fingerprint density at radius 1 is 1.17 bits per heavy atom. The zero-order chi connectivity index (χ0) is 20.5. The van der Waals surface area contributed by atoms with Gasteiger partial charge < -0.3 is 19.2 Å². The van der Waals surface area contributed by atoms with E-state index < -0.39 is 0 Å². The van der Waals surface area contributed by atoms with Crippen LogP contribution in [0.25, 0.3) is 16.7 Å². The molecule has 29 heavy (non-hydrogen) atoms. The van der Waals surface area contributed by atoms with Crippen LogP contribution in [0.3, 0.4) is 0 Å². The van der Waals surface area contributed by atoms with E-state index in [0.717, 1.165) is 35.5 Å². The lowest BCUT2D eigenvalue weighted by Crippen LogP contribution is -2.26. The number of benzene rings is 1. The quantitative estimate of drug-likeness (QED) is 0.496. The van der Waals surface area contributed by atoms with E-state index in [1.54, 1.807) is 26.4 Å². The SMILES string of the molecule is CN(C)C(=O)c1nc2ccc(Cl)cn2c1CNCCc1nc2ccccc2n1C. The molecule has 150 valence electrons. The monoisotopic (exact) mass is 410 g/mol. The number of fused-ring (bicyclic) bond motifs is 2. The van der Waals surface area contributed by atoms with Gasteiger partial charge in [0.1, 0.15) is 11.5 Å². The van der Waals surface area contributed by atoms with E-state index in [4.69, 9.17) is 16.6 Å². The van der Waals surface area contributed by atoms with Gasteiger partial charge in [0.25, 0.3) is 5.91 Å². The van der Waals surface area contributed by atoms with E-state index in [2.05, 4.69) is 20.9 Å². The predicted octanol–water partition coefficient (Wildman–Crippen LogP) is 2.91. The molecule has 0 unspecified atom stereocenters. The van der Waals surface area contributed by atoms with Gasteiger partial charge in [-0.15, -0.1) is 0 Å². The summed E-state index contributed by atoms with van der Waals surface area (Å²) in [5, 5.41) is 4.02. The molecule has 3 heterocycles. The number of rotatable bonds is 6. The Kier molecular flexibility index (Phi) is 5.25. The second-order valence-electron chi connectivity index (χ2n) is 7.18. The highest BCUT2D eigenvalue weighted by atomic mass is 35.5. The summed E-state index contributed by atoms with van der Waals surface area (Å²) >= 11 is 6.16. The normalized spacial score (nSPS) is 11.4. The maximum atomic E-state index is 12.6. The van der Waals surface area contributed by atoms with Crippen LogP contribution in [-0.2, 0) is 20.0 Å². The first-order valence-corrected chi connectivity index (χ1v) is 9.82. The van der Waals surface area contributed by atoms with Gasteiger partial charge in [-0.1, -0.05) is 23.7 Å². The Balaban J connectivity index is 1.52. The summed E-state index contributed by atoms with van der Waals surface area (Å²) < 4.78 is 3.99.